The van der Waals surface area contributed by atoms with Crippen molar-refractivity contribution in [3.05, 3.63) is 35.9 Å². The fourth-order valence-electron chi connectivity index (χ4n) is 4.35. The number of rotatable bonds is 9. The molecule has 1 aromatic rings. The Morgan fingerprint density at radius 3 is 2.43 bits per heavy atom. The van der Waals surface area contributed by atoms with E-state index in [1.165, 1.54) is 18.4 Å². The number of guanidine groups is 1. The quantitative estimate of drug-likeness (QED) is 0.400. The molecule has 5 heteroatoms. The van der Waals surface area contributed by atoms with Crippen LogP contribution in [0.15, 0.2) is 35.3 Å². The second-order valence-corrected chi connectivity index (χ2v) is 8.21. The summed E-state index contributed by atoms with van der Waals surface area (Å²) >= 11 is 0. The van der Waals surface area contributed by atoms with E-state index >= 15 is 0 Å². The molecular formula is C23H38N4O. The molecule has 5 nitrogen and oxygen atoms in total. The van der Waals surface area contributed by atoms with Crippen LogP contribution in [-0.2, 0) is 4.74 Å². The van der Waals surface area contributed by atoms with Crippen LogP contribution in [0.3, 0.4) is 0 Å². The number of nitrogens with one attached hydrogen (secondary N) is 1. The molecule has 1 saturated heterocycles. The Balaban J connectivity index is 1.48. The molecule has 0 aromatic heterocycles. The Morgan fingerprint density at radius 2 is 1.86 bits per heavy atom. The molecule has 0 spiro atoms. The van der Waals surface area contributed by atoms with Gasteiger partial charge in [-0.2, -0.15) is 0 Å². The molecule has 2 fully saturated rings. The van der Waals surface area contributed by atoms with Crippen molar-refractivity contribution in [2.75, 3.05) is 53.0 Å². The molecule has 1 atom stereocenters. The van der Waals surface area contributed by atoms with Crippen LogP contribution < -0.4 is 5.32 Å². The fourth-order valence-corrected chi connectivity index (χ4v) is 4.35. The Bertz CT molecular complexity index is 606. The highest BCUT2D eigenvalue weighted by atomic mass is 16.5. The number of hydrogen-bond donors (Lipinski definition) is 1. The van der Waals surface area contributed by atoms with Gasteiger partial charge in [0.25, 0.3) is 0 Å². The molecule has 1 heterocycles. The molecule has 28 heavy (non-hydrogen) atoms. The van der Waals surface area contributed by atoms with Gasteiger partial charge >= 0.3 is 0 Å². The first-order valence-electron chi connectivity index (χ1n) is 11.0. The van der Waals surface area contributed by atoms with Crippen LogP contribution in [0.4, 0.5) is 0 Å². The normalized spacial score (nSPS) is 20.8. The average molecular weight is 387 g/mol. The van der Waals surface area contributed by atoms with Gasteiger partial charge in [0.2, 0.25) is 0 Å². The fraction of sp³-hybridized carbons (Fsp3) is 0.696. The maximum atomic E-state index is 5.57. The van der Waals surface area contributed by atoms with Crippen molar-refractivity contribution in [3.8, 4) is 0 Å². The van der Waals surface area contributed by atoms with Gasteiger partial charge in [0, 0.05) is 59.0 Å². The van der Waals surface area contributed by atoms with Gasteiger partial charge in [-0.15, -0.1) is 0 Å². The minimum absolute atomic E-state index is 0.438. The lowest BCUT2D eigenvalue weighted by atomic mass is 10.0. The van der Waals surface area contributed by atoms with Crippen LogP contribution in [0.1, 0.15) is 51.1 Å². The maximum Gasteiger partial charge on any atom is 0.193 e. The Kier molecular flexibility index (Phi) is 7.74. The monoisotopic (exact) mass is 386 g/mol. The van der Waals surface area contributed by atoms with Crippen molar-refractivity contribution in [1.82, 2.24) is 15.1 Å². The predicted octanol–water partition coefficient (Wildman–Crippen LogP) is 3.54. The summed E-state index contributed by atoms with van der Waals surface area (Å²) in [6.45, 7) is 11.3. The smallest absolute Gasteiger partial charge is 0.193 e. The van der Waals surface area contributed by atoms with Crippen molar-refractivity contribution in [1.29, 1.82) is 0 Å². The molecule has 1 unspecified atom stereocenters. The molecule has 1 aliphatic carbocycles. The van der Waals surface area contributed by atoms with Gasteiger partial charge in [0.15, 0.2) is 5.96 Å². The van der Waals surface area contributed by atoms with Crippen molar-refractivity contribution in [3.63, 3.8) is 0 Å². The Hall–Kier alpha value is -1.59. The van der Waals surface area contributed by atoms with Gasteiger partial charge in [0.05, 0.1) is 0 Å². The average Bonchev–Trinajstić information content (AvgIpc) is 3.51. The van der Waals surface area contributed by atoms with E-state index in [0.29, 0.717) is 11.5 Å². The van der Waals surface area contributed by atoms with Crippen LogP contribution in [0.25, 0.3) is 0 Å². The molecular weight excluding hydrogens is 348 g/mol. The lowest BCUT2D eigenvalue weighted by molar-refractivity contribution is 0.123. The predicted molar refractivity (Wildman–Crippen MR) is 117 cm³/mol. The van der Waals surface area contributed by atoms with E-state index < -0.39 is 0 Å². The van der Waals surface area contributed by atoms with Crippen molar-refractivity contribution in [2.24, 2.45) is 10.4 Å². The Labute approximate surface area is 171 Å². The maximum absolute atomic E-state index is 5.57. The summed E-state index contributed by atoms with van der Waals surface area (Å²) in [4.78, 5) is 9.62. The lowest BCUT2D eigenvalue weighted by Crippen LogP contribution is -2.53. The van der Waals surface area contributed by atoms with Crippen LogP contribution in [-0.4, -0.2) is 68.7 Å². The zero-order valence-corrected chi connectivity index (χ0v) is 18.0. The van der Waals surface area contributed by atoms with E-state index in [4.69, 9.17) is 4.74 Å². The zero-order chi connectivity index (χ0) is 19.8. The van der Waals surface area contributed by atoms with Gasteiger partial charge < -0.3 is 15.0 Å². The third kappa shape index (κ3) is 5.48. The van der Waals surface area contributed by atoms with Gasteiger partial charge in [-0.3, -0.25) is 9.89 Å². The van der Waals surface area contributed by atoms with Gasteiger partial charge in [-0.05, 0) is 43.6 Å². The Morgan fingerprint density at radius 1 is 1.14 bits per heavy atom. The SMILES string of the molecule is CCOCCC1(CNC(=NC)N2CCN(C(CC)c3ccccc3)CC2)CC1. The second-order valence-electron chi connectivity index (χ2n) is 8.21. The number of piperazine rings is 1. The standard InChI is InChI=1S/C23H38N4O/c1-4-21(20-9-7-6-8-10-20)26-14-16-27(17-15-26)22(24-3)25-19-23(11-12-23)13-18-28-5-2/h6-10,21H,4-5,11-19H2,1-3H3,(H,24,25). The number of ether oxygens (including phenoxy) is 1. The highest BCUT2D eigenvalue weighted by Crippen LogP contribution is 2.48. The van der Waals surface area contributed by atoms with Crippen molar-refractivity contribution >= 4 is 5.96 Å². The molecule has 3 rings (SSSR count). The third-order valence-electron chi connectivity index (χ3n) is 6.40. The summed E-state index contributed by atoms with van der Waals surface area (Å²) in [6, 6.07) is 11.5. The van der Waals surface area contributed by atoms with E-state index in [1.54, 1.807) is 0 Å². The second kappa shape index (κ2) is 10.3. The third-order valence-corrected chi connectivity index (χ3v) is 6.40. The summed E-state index contributed by atoms with van der Waals surface area (Å²) in [5.41, 5.74) is 1.87. The van der Waals surface area contributed by atoms with E-state index in [1.807, 2.05) is 7.05 Å². The van der Waals surface area contributed by atoms with Crippen LogP contribution in [0.2, 0.25) is 0 Å². The minimum atomic E-state index is 0.438. The molecule has 0 bridgehead atoms. The molecule has 1 N–H and O–H groups in total. The molecule has 1 aliphatic heterocycles. The van der Waals surface area contributed by atoms with Gasteiger partial charge in [-0.1, -0.05) is 37.3 Å². The molecule has 2 aliphatic rings. The van der Waals surface area contributed by atoms with Gasteiger partial charge in [-0.25, -0.2) is 0 Å². The van der Waals surface area contributed by atoms with E-state index in [0.717, 1.165) is 64.7 Å². The van der Waals surface area contributed by atoms with E-state index in [2.05, 4.69) is 64.3 Å². The summed E-state index contributed by atoms with van der Waals surface area (Å²) in [7, 11) is 1.91. The first-order chi connectivity index (χ1) is 13.7. The summed E-state index contributed by atoms with van der Waals surface area (Å²) in [5, 5.41) is 3.66. The number of hydrogen-bond acceptors (Lipinski definition) is 3. The summed E-state index contributed by atoms with van der Waals surface area (Å²) in [5.74, 6) is 1.06. The molecule has 1 aromatic carbocycles. The zero-order valence-electron chi connectivity index (χ0n) is 18.0. The number of benzene rings is 1. The molecule has 156 valence electrons. The minimum Gasteiger partial charge on any atom is -0.382 e. The molecule has 0 amide bonds. The van der Waals surface area contributed by atoms with Crippen LogP contribution in [0.5, 0.6) is 0 Å². The van der Waals surface area contributed by atoms with Crippen LogP contribution in [0, 0.1) is 5.41 Å². The lowest BCUT2D eigenvalue weighted by Gasteiger charge is -2.40. The largest absolute Gasteiger partial charge is 0.382 e. The highest BCUT2D eigenvalue weighted by molar-refractivity contribution is 5.80. The number of nitrogens with zero attached hydrogens (tertiary/aromatic N) is 3. The van der Waals surface area contributed by atoms with Crippen LogP contribution >= 0.6 is 0 Å². The summed E-state index contributed by atoms with van der Waals surface area (Å²) in [6.07, 6.45) is 4.94. The van der Waals surface area contributed by atoms with Gasteiger partial charge in [0.1, 0.15) is 0 Å². The molecule has 0 radical (unpaired) electrons. The van der Waals surface area contributed by atoms with Crippen molar-refractivity contribution in [2.45, 2.75) is 45.6 Å². The first-order valence-corrected chi connectivity index (χ1v) is 11.0. The van der Waals surface area contributed by atoms with Crippen molar-refractivity contribution < 1.29 is 4.74 Å². The highest BCUT2D eigenvalue weighted by Gasteiger charge is 2.42. The summed E-state index contributed by atoms with van der Waals surface area (Å²) < 4.78 is 5.57. The van der Waals surface area contributed by atoms with E-state index in [-0.39, 0.29) is 0 Å². The first kappa shape index (κ1) is 21.1. The number of aliphatic imine (C=N–C) groups is 1. The van der Waals surface area contributed by atoms with E-state index in [9.17, 15) is 0 Å². The topological polar surface area (TPSA) is 40.1 Å². The molecule has 1 saturated carbocycles.